The number of likely N-dealkylation sites (tertiary alicyclic amines) is 1. The van der Waals surface area contributed by atoms with Gasteiger partial charge in [-0.05, 0) is 91.8 Å². The molecule has 16 nitrogen and oxygen atoms in total. The van der Waals surface area contributed by atoms with Gasteiger partial charge in [0.1, 0.15) is 23.8 Å². The lowest BCUT2D eigenvalue weighted by atomic mass is 9.72. The Kier molecular flexibility index (Phi) is 12.8. The van der Waals surface area contributed by atoms with Gasteiger partial charge in [-0.15, -0.1) is 0 Å². The fourth-order valence-electron chi connectivity index (χ4n) is 9.48. The highest BCUT2D eigenvalue weighted by Gasteiger charge is 2.34. The van der Waals surface area contributed by atoms with E-state index in [1.54, 1.807) is 24.4 Å². The lowest BCUT2D eigenvalue weighted by molar-refractivity contribution is -0.384. The number of pyridine rings is 1. The van der Waals surface area contributed by atoms with Crippen LogP contribution in [0.1, 0.15) is 61.9 Å². The van der Waals surface area contributed by atoms with Crippen molar-refractivity contribution in [3.8, 4) is 17.2 Å². The number of aromatic amines is 1. The summed E-state index contributed by atoms with van der Waals surface area (Å²) in [4.78, 5) is 43.9. The fraction of sp³-hybridized carbons (Fsp3) is 0.396. The van der Waals surface area contributed by atoms with Crippen LogP contribution >= 0.6 is 11.6 Å². The van der Waals surface area contributed by atoms with Crippen LogP contribution in [0.5, 0.6) is 17.2 Å². The second-order valence-corrected chi connectivity index (χ2v) is 20.6. The third-order valence-electron chi connectivity index (χ3n) is 13.2. The molecule has 5 aromatic rings. The highest BCUT2D eigenvalue weighted by atomic mass is 35.5. The molecule has 1 atom stereocenters. The molecule has 346 valence electrons. The summed E-state index contributed by atoms with van der Waals surface area (Å²) in [5.74, 6) is -0.521. The van der Waals surface area contributed by atoms with Gasteiger partial charge in [0.15, 0.2) is 11.4 Å². The van der Waals surface area contributed by atoms with Gasteiger partial charge in [-0.3, -0.25) is 24.8 Å². The number of carbonyl (C=O) groups excluding carboxylic acids is 1. The Labute approximate surface area is 389 Å². The van der Waals surface area contributed by atoms with Crippen molar-refractivity contribution in [2.75, 3.05) is 69.2 Å². The number of aromatic nitrogens is 2. The van der Waals surface area contributed by atoms with Crippen LogP contribution in [0, 0.1) is 15.5 Å². The summed E-state index contributed by atoms with van der Waals surface area (Å²) in [6.07, 6.45) is 8.21. The number of nitro benzene ring substituents is 1. The molecule has 18 heteroatoms. The van der Waals surface area contributed by atoms with Gasteiger partial charge in [-0.2, -0.15) is 0 Å². The number of allylic oxidation sites excluding steroid dienone is 1. The third-order valence-corrected chi connectivity index (χ3v) is 14.8. The summed E-state index contributed by atoms with van der Waals surface area (Å²) < 4.78 is 42.3. The number of piperazine rings is 1. The lowest BCUT2D eigenvalue weighted by Crippen LogP contribution is -2.47. The van der Waals surface area contributed by atoms with Crippen molar-refractivity contribution in [1.29, 1.82) is 0 Å². The van der Waals surface area contributed by atoms with E-state index < -0.39 is 31.4 Å². The average molecular weight is 937 g/mol. The number of amides is 1. The first-order chi connectivity index (χ1) is 31.7. The molecule has 4 aliphatic rings. The number of ether oxygens (including phenoxy) is 2. The van der Waals surface area contributed by atoms with Crippen molar-refractivity contribution < 1.29 is 27.6 Å². The summed E-state index contributed by atoms with van der Waals surface area (Å²) in [6.45, 7) is 14.6. The molecule has 5 heterocycles. The SMILES string of the molecule is C=NC1CCN(C[C@@H]2COc3cc(S(=O)(=O)NC(=O)c4ccc(N5CCN(CC6=C(c7ccc(Cl)cc7)CC(C)(C)CC6)CC5)cc4Oc4cnc5[nH]ccc5c4)cc([N+](=O)[O-])c3N2)CC1. The first kappa shape index (κ1) is 45.2. The maximum atomic E-state index is 14.1. The Hall–Kier alpha value is -6.01. The molecule has 9 rings (SSSR count). The summed E-state index contributed by atoms with van der Waals surface area (Å²) in [7, 11) is -4.66. The molecule has 66 heavy (non-hydrogen) atoms. The molecule has 0 radical (unpaired) electrons. The van der Waals surface area contributed by atoms with E-state index in [4.69, 9.17) is 21.1 Å². The number of halogens is 1. The van der Waals surface area contributed by atoms with Crippen molar-refractivity contribution in [3.63, 3.8) is 0 Å². The van der Waals surface area contributed by atoms with Crippen LogP contribution in [0.15, 0.2) is 94.6 Å². The van der Waals surface area contributed by atoms with Crippen LogP contribution in [0.3, 0.4) is 0 Å². The van der Waals surface area contributed by atoms with Gasteiger partial charge < -0.3 is 29.6 Å². The quantitative estimate of drug-likeness (QED) is 0.0585. The van der Waals surface area contributed by atoms with E-state index in [-0.39, 0.29) is 46.9 Å². The van der Waals surface area contributed by atoms with E-state index in [2.05, 4.69) is 72.4 Å². The molecule has 0 spiro atoms. The molecule has 2 saturated heterocycles. The van der Waals surface area contributed by atoms with Crippen LogP contribution in [0.25, 0.3) is 16.6 Å². The summed E-state index contributed by atoms with van der Waals surface area (Å²) in [5.41, 5.74) is 5.31. The topological polar surface area (TPSA) is 188 Å². The minimum absolute atomic E-state index is 0.00497. The zero-order valence-corrected chi connectivity index (χ0v) is 38.7. The number of benzene rings is 3. The average Bonchev–Trinajstić information content (AvgIpc) is 3.78. The third kappa shape index (κ3) is 10.0. The van der Waals surface area contributed by atoms with Gasteiger partial charge in [0.25, 0.3) is 21.6 Å². The first-order valence-corrected chi connectivity index (χ1v) is 24.2. The molecule has 3 aromatic carbocycles. The van der Waals surface area contributed by atoms with Gasteiger partial charge in [-0.25, -0.2) is 18.1 Å². The minimum Gasteiger partial charge on any atom is -0.489 e. The smallest absolute Gasteiger partial charge is 0.297 e. The van der Waals surface area contributed by atoms with Crippen LogP contribution in [0.4, 0.5) is 17.1 Å². The van der Waals surface area contributed by atoms with Gasteiger partial charge >= 0.3 is 0 Å². The Balaban J connectivity index is 0.928. The molecular weight excluding hydrogens is 882 g/mol. The number of nitrogens with one attached hydrogen (secondary N) is 3. The maximum Gasteiger partial charge on any atom is 0.297 e. The normalized spacial score (nSPS) is 19.4. The van der Waals surface area contributed by atoms with Crippen molar-refractivity contribution in [3.05, 3.63) is 111 Å². The number of carbonyl (C=O) groups is 1. The molecule has 1 amide bonds. The first-order valence-electron chi connectivity index (χ1n) is 22.4. The van der Waals surface area contributed by atoms with E-state index in [0.717, 1.165) is 87.0 Å². The second kappa shape index (κ2) is 18.7. The summed E-state index contributed by atoms with van der Waals surface area (Å²) in [6, 6.07) is 18.9. The number of aliphatic imine (C=N–C) groups is 1. The molecule has 0 bridgehead atoms. The van der Waals surface area contributed by atoms with E-state index in [1.807, 2.05) is 18.2 Å². The fourth-order valence-corrected chi connectivity index (χ4v) is 10.6. The number of sulfonamides is 1. The predicted molar refractivity (Wildman–Crippen MR) is 257 cm³/mol. The highest BCUT2D eigenvalue weighted by molar-refractivity contribution is 7.90. The van der Waals surface area contributed by atoms with E-state index in [0.29, 0.717) is 31.0 Å². The number of rotatable bonds is 13. The Morgan fingerprint density at radius 3 is 2.56 bits per heavy atom. The molecule has 3 N–H and O–H groups in total. The number of nitrogens with zero attached hydrogens (tertiary/aromatic N) is 6. The summed E-state index contributed by atoms with van der Waals surface area (Å²) >= 11 is 6.25. The van der Waals surface area contributed by atoms with Gasteiger partial charge in [0.05, 0.1) is 33.7 Å². The largest absolute Gasteiger partial charge is 0.489 e. The van der Waals surface area contributed by atoms with Crippen molar-refractivity contribution in [2.45, 2.75) is 62.9 Å². The predicted octanol–water partition coefficient (Wildman–Crippen LogP) is 8.16. The molecule has 3 aliphatic heterocycles. The molecule has 0 saturated carbocycles. The Morgan fingerprint density at radius 1 is 1.05 bits per heavy atom. The Morgan fingerprint density at radius 2 is 1.82 bits per heavy atom. The zero-order chi connectivity index (χ0) is 46.2. The van der Waals surface area contributed by atoms with Gasteiger partial charge in [-0.1, -0.05) is 43.2 Å². The van der Waals surface area contributed by atoms with E-state index in [9.17, 15) is 23.3 Å². The summed E-state index contributed by atoms with van der Waals surface area (Å²) in [5, 5.41) is 17.1. The standard InChI is InChI=1S/C48H54ClN9O7S/c1-48(2)14-10-33(41(26-48)31-4-6-34(49)7-5-31)28-56-18-20-57(21-19-56)37-8-9-40(43(23-37)65-38-22-32-11-15-51-46(32)52-27-38)47(59)54-66(62,63)39-24-42(58(60)61)45-44(25-39)64-30-36(53-45)29-55-16-12-35(50-3)13-17-55/h4-9,11,15,22-25,27,35-36,53H,3,10,12-14,16-21,26,28-30H2,1-2H3,(H,51,52)(H,54,59)/t36-/m1/s1. The number of anilines is 2. The van der Waals surface area contributed by atoms with Gasteiger partial charge in [0, 0.05) is 92.9 Å². The lowest BCUT2D eigenvalue weighted by Gasteiger charge is -2.39. The molecule has 0 unspecified atom stereocenters. The van der Waals surface area contributed by atoms with Crippen molar-refractivity contribution >= 4 is 67.9 Å². The van der Waals surface area contributed by atoms with Crippen molar-refractivity contribution in [1.82, 2.24) is 24.5 Å². The number of hydrogen-bond donors (Lipinski definition) is 3. The molecule has 2 fully saturated rings. The number of piperidine rings is 1. The molecule has 2 aromatic heterocycles. The number of H-pyrrole nitrogens is 1. The van der Waals surface area contributed by atoms with Crippen molar-refractivity contribution in [2.24, 2.45) is 10.4 Å². The van der Waals surface area contributed by atoms with Gasteiger partial charge in [0.2, 0.25) is 0 Å². The Bertz CT molecular complexity index is 2800. The van der Waals surface area contributed by atoms with Crippen LogP contribution in [-0.2, 0) is 10.0 Å². The number of hydrogen-bond acceptors (Lipinski definition) is 13. The minimum atomic E-state index is -4.66. The molecular formula is C48H54ClN9O7S. The highest BCUT2D eigenvalue weighted by Crippen LogP contribution is 2.44. The zero-order valence-electron chi connectivity index (χ0n) is 37.1. The maximum absolute atomic E-state index is 14.1. The number of nitro groups is 1. The van der Waals surface area contributed by atoms with Crippen LogP contribution < -0.4 is 24.4 Å². The monoisotopic (exact) mass is 935 g/mol. The number of fused-ring (bicyclic) bond motifs is 2. The van der Waals surface area contributed by atoms with Crippen LogP contribution in [-0.4, -0.2) is 117 Å². The van der Waals surface area contributed by atoms with E-state index >= 15 is 0 Å². The second-order valence-electron chi connectivity index (χ2n) is 18.4. The van der Waals surface area contributed by atoms with E-state index in [1.165, 1.54) is 35.0 Å². The van der Waals surface area contributed by atoms with Crippen LogP contribution in [0.2, 0.25) is 5.02 Å². The molecule has 1 aliphatic carbocycles.